The van der Waals surface area contributed by atoms with Gasteiger partial charge in [0.25, 0.3) is 5.91 Å². The standard InChI is InChI=1S/C20H19N3O5/c24-16-5-2-6-17(25)12(16)9-21-14-4-1-3-11-13(14)10-23(20(11)28)15-7-8-18(26)22-19(15)27/h1,3-4,9,15,24H,2,5-8,10H2,(H,22,26,27). The van der Waals surface area contributed by atoms with Crippen LogP contribution in [0.25, 0.3) is 0 Å². The van der Waals surface area contributed by atoms with Crippen molar-refractivity contribution in [3.05, 3.63) is 40.7 Å². The molecule has 1 atom stereocenters. The van der Waals surface area contributed by atoms with Crippen molar-refractivity contribution in [1.29, 1.82) is 0 Å². The first-order valence-electron chi connectivity index (χ1n) is 9.21. The summed E-state index contributed by atoms with van der Waals surface area (Å²) >= 11 is 0. The zero-order chi connectivity index (χ0) is 19.8. The Labute approximate surface area is 160 Å². The molecule has 1 aliphatic carbocycles. The number of ketones is 1. The largest absolute Gasteiger partial charge is 0.512 e. The zero-order valence-electron chi connectivity index (χ0n) is 15.1. The molecule has 4 rings (SSSR count). The molecule has 0 spiro atoms. The second-order valence-electron chi connectivity index (χ2n) is 7.10. The lowest BCUT2D eigenvalue weighted by Crippen LogP contribution is -2.52. The highest BCUT2D eigenvalue weighted by Gasteiger charge is 2.39. The topological polar surface area (TPSA) is 116 Å². The van der Waals surface area contributed by atoms with Crippen LogP contribution in [0.4, 0.5) is 5.69 Å². The third-order valence-electron chi connectivity index (χ3n) is 5.32. The lowest BCUT2D eigenvalue weighted by molar-refractivity contribution is -0.137. The van der Waals surface area contributed by atoms with E-state index in [1.165, 1.54) is 11.1 Å². The molecule has 0 aromatic heterocycles. The number of aliphatic hydroxyl groups excluding tert-OH is 1. The van der Waals surface area contributed by atoms with Crippen molar-refractivity contribution in [2.24, 2.45) is 4.99 Å². The second kappa shape index (κ2) is 7.03. The van der Waals surface area contributed by atoms with Crippen LogP contribution in [-0.4, -0.2) is 45.8 Å². The molecule has 1 fully saturated rings. The van der Waals surface area contributed by atoms with Crippen molar-refractivity contribution in [2.75, 3.05) is 0 Å². The third kappa shape index (κ3) is 3.11. The van der Waals surface area contributed by atoms with Gasteiger partial charge in [-0.25, -0.2) is 0 Å². The molecule has 1 unspecified atom stereocenters. The number of nitrogens with zero attached hydrogens (tertiary/aromatic N) is 2. The van der Waals surface area contributed by atoms with Gasteiger partial charge in [-0.15, -0.1) is 0 Å². The molecule has 8 nitrogen and oxygen atoms in total. The lowest BCUT2D eigenvalue weighted by atomic mass is 9.97. The molecular weight excluding hydrogens is 362 g/mol. The smallest absolute Gasteiger partial charge is 0.255 e. The minimum atomic E-state index is -0.693. The summed E-state index contributed by atoms with van der Waals surface area (Å²) in [5.74, 6) is -1.20. The number of nitrogens with one attached hydrogen (secondary N) is 1. The number of hydrogen-bond acceptors (Lipinski definition) is 6. The Bertz CT molecular complexity index is 963. The van der Waals surface area contributed by atoms with E-state index < -0.39 is 11.9 Å². The summed E-state index contributed by atoms with van der Waals surface area (Å²) in [6, 6.07) is 4.39. The average molecular weight is 381 g/mol. The van der Waals surface area contributed by atoms with Crippen LogP contribution >= 0.6 is 0 Å². The van der Waals surface area contributed by atoms with Gasteiger partial charge in [-0.2, -0.15) is 0 Å². The van der Waals surface area contributed by atoms with Crippen LogP contribution in [0.15, 0.2) is 34.5 Å². The van der Waals surface area contributed by atoms with Gasteiger partial charge in [-0.3, -0.25) is 29.5 Å². The summed E-state index contributed by atoms with van der Waals surface area (Å²) in [7, 11) is 0. The fourth-order valence-electron chi connectivity index (χ4n) is 3.82. The van der Waals surface area contributed by atoms with E-state index in [1.54, 1.807) is 18.2 Å². The van der Waals surface area contributed by atoms with Gasteiger partial charge in [-0.1, -0.05) is 6.07 Å². The first-order chi connectivity index (χ1) is 13.5. The molecule has 1 saturated heterocycles. The van der Waals surface area contributed by atoms with Crippen LogP contribution in [0, 0.1) is 0 Å². The number of Topliss-reactive ketones (excluding diaryl/α,β-unsaturated/α-hetero) is 1. The number of amides is 3. The SMILES string of the molecule is O=C1CCC(N2Cc3c(N=CC4=C(O)CCCC4=O)cccc3C2=O)C(=O)N1. The Morgan fingerprint density at radius 1 is 1.14 bits per heavy atom. The number of fused-ring (bicyclic) bond motifs is 1. The number of aliphatic hydroxyl groups is 1. The monoisotopic (exact) mass is 381 g/mol. The van der Waals surface area contributed by atoms with E-state index in [-0.39, 0.29) is 48.3 Å². The molecule has 3 aliphatic rings. The quantitative estimate of drug-likeness (QED) is 0.611. The van der Waals surface area contributed by atoms with Crippen molar-refractivity contribution in [2.45, 2.75) is 44.7 Å². The van der Waals surface area contributed by atoms with Gasteiger partial charge in [0, 0.05) is 43.1 Å². The number of benzene rings is 1. The molecule has 0 saturated carbocycles. The molecule has 144 valence electrons. The van der Waals surface area contributed by atoms with Crippen molar-refractivity contribution in [3.63, 3.8) is 0 Å². The van der Waals surface area contributed by atoms with E-state index in [1.807, 2.05) is 0 Å². The Kier molecular flexibility index (Phi) is 4.54. The predicted molar refractivity (Wildman–Crippen MR) is 99.2 cm³/mol. The number of allylic oxidation sites excluding steroid dienone is 2. The second-order valence-corrected chi connectivity index (χ2v) is 7.10. The van der Waals surface area contributed by atoms with Gasteiger partial charge in [0.05, 0.1) is 11.3 Å². The maximum atomic E-state index is 12.8. The molecule has 2 N–H and O–H groups in total. The summed E-state index contributed by atoms with van der Waals surface area (Å²) in [6.07, 6.45) is 3.28. The molecule has 3 amide bonds. The number of aliphatic imine (C=N–C) groups is 1. The summed E-state index contributed by atoms with van der Waals surface area (Å²) < 4.78 is 0. The molecule has 28 heavy (non-hydrogen) atoms. The van der Waals surface area contributed by atoms with E-state index in [4.69, 9.17) is 0 Å². The zero-order valence-corrected chi connectivity index (χ0v) is 15.1. The summed E-state index contributed by atoms with van der Waals surface area (Å²) in [4.78, 5) is 54.1. The summed E-state index contributed by atoms with van der Waals surface area (Å²) in [6.45, 7) is 0.201. The molecule has 2 heterocycles. The van der Waals surface area contributed by atoms with E-state index in [0.717, 1.165) is 0 Å². The van der Waals surface area contributed by atoms with E-state index in [2.05, 4.69) is 10.3 Å². The van der Waals surface area contributed by atoms with Gasteiger partial charge in [0.1, 0.15) is 11.8 Å². The van der Waals surface area contributed by atoms with Gasteiger partial charge < -0.3 is 10.0 Å². The molecule has 0 radical (unpaired) electrons. The van der Waals surface area contributed by atoms with Crippen molar-refractivity contribution in [1.82, 2.24) is 10.2 Å². The number of piperidine rings is 1. The highest BCUT2D eigenvalue weighted by atomic mass is 16.3. The van der Waals surface area contributed by atoms with Gasteiger partial charge in [0.2, 0.25) is 11.8 Å². The summed E-state index contributed by atoms with van der Waals surface area (Å²) in [5.41, 5.74) is 1.83. The predicted octanol–water partition coefficient (Wildman–Crippen LogP) is 1.71. The number of imide groups is 1. The Morgan fingerprint density at radius 3 is 2.71 bits per heavy atom. The highest BCUT2D eigenvalue weighted by Crippen LogP contribution is 2.33. The van der Waals surface area contributed by atoms with E-state index >= 15 is 0 Å². The van der Waals surface area contributed by atoms with Crippen LogP contribution in [0.2, 0.25) is 0 Å². The Balaban J connectivity index is 1.61. The van der Waals surface area contributed by atoms with Gasteiger partial charge in [0.15, 0.2) is 5.78 Å². The maximum absolute atomic E-state index is 12.8. The van der Waals surface area contributed by atoms with Crippen LogP contribution in [0.5, 0.6) is 0 Å². The van der Waals surface area contributed by atoms with Crippen molar-refractivity contribution < 1.29 is 24.3 Å². The van der Waals surface area contributed by atoms with E-state index in [0.29, 0.717) is 36.1 Å². The van der Waals surface area contributed by atoms with Crippen LogP contribution in [-0.2, 0) is 20.9 Å². The fraction of sp³-hybridized carbons (Fsp3) is 0.350. The highest BCUT2D eigenvalue weighted by molar-refractivity contribution is 6.14. The lowest BCUT2D eigenvalue weighted by Gasteiger charge is -2.29. The van der Waals surface area contributed by atoms with Crippen LogP contribution in [0.3, 0.4) is 0 Å². The Hall–Kier alpha value is -3.29. The molecule has 1 aromatic carbocycles. The summed E-state index contributed by atoms with van der Waals surface area (Å²) in [5, 5.41) is 12.2. The van der Waals surface area contributed by atoms with Crippen molar-refractivity contribution in [3.8, 4) is 0 Å². The molecule has 8 heteroatoms. The fourth-order valence-corrected chi connectivity index (χ4v) is 3.82. The Morgan fingerprint density at radius 2 is 1.96 bits per heavy atom. The van der Waals surface area contributed by atoms with Gasteiger partial charge >= 0.3 is 0 Å². The van der Waals surface area contributed by atoms with Gasteiger partial charge in [-0.05, 0) is 25.0 Å². The molecule has 1 aromatic rings. The minimum Gasteiger partial charge on any atom is -0.512 e. The number of rotatable bonds is 3. The first kappa shape index (κ1) is 18.1. The first-order valence-corrected chi connectivity index (χ1v) is 9.21. The molecule has 0 bridgehead atoms. The third-order valence-corrected chi connectivity index (χ3v) is 5.32. The number of carbonyl (C=O) groups excluding carboxylic acids is 4. The number of carbonyl (C=O) groups is 4. The van der Waals surface area contributed by atoms with E-state index in [9.17, 15) is 24.3 Å². The molecular formula is C20H19N3O5. The molecule has 2 aliphatic heterocycles. The minimum absolute atomic E-state index is 0.0359. The average Bonchev–Trinajstić information content (AvgIpc) is 2.99. The van der Waals surface area contributed by atoms with Crippen molar-refractivity contribution >= 4 is 35.4 Å². The maximum Gasteiger partial charge on any atom is 0.255 e. The number of hydrogen-bond donors (Lipinski definition) is 2. The van der Waals surface area contributed by atoms with Crippen LogP contribution in [0.1, 0.15) is 48.0 Å². The normalized spacial score (nSPS) is 22.9. The van der Waals surface area contributed by atoms with Crippen LogP contribution < -0.4 is 5.32 Å².